The van der Waals surface area contributed by atoms with E-state index in [9.17, 15) is 14.9 Å². The van der Waals surface area contributed by atoms with Crippen molar-refractivity contribution in [2.75, 3.05) is 7.05 Å². The van der Waals surface area contributed by atoms with Crippen LogP contribution in [0.5, 0.6) is 0 Å². The number of carbonyl (C=O) groups excluding carboxylic acids is 1. The second-order valence-electron chi connectivity index (χ2n) is 4.76. The van der Waals surface area contributed by atoms with Gasteiger partial charge in [-0.1, -0.05) is 11.6 Å². The van der Waals surface area contributed by atoms with Crippen LogP contribution >= 0.6 is 11.6 Å². The van der Waals surface area contributed by atoms with Gasteiger partial charge in [0.15, 0.2) is 0 Å². The number of halogens is 1. The van der Waals surface area contributed by atoms with Crippen LogP contribution in [0.25, 0.3) is 0 Å². The molecule has 0 aliphatic rings. The molecule has 22 heavy (non-hydrogen) atoms. The van der Waals surface area contributed by atoms with Gasteiger partial charge >= 0.3 is 5.82 Å². The summed E-state index contributed by atoms with van der Waals surface area (Å²) >= 11 is 6.00. The van der Waals surface area contributed by atoms with E-state index in [1.807, 2.05) is 0 Å². The van der Waals surface area contributed by atoms with Gasteiger partial charge in [0.25, 0.3) is 0 Å². The molecule has 0 atom stereocenters. The number of carbonyl (C=O) groups is 1. The van der Waals surface area contributed by atoms with Crippen molar-refractivity contribution in [3.63, 3.8) is 0 Å². The Morgan fingerprint density at radius 1 is 1.55 bits per heavy atom. The minimum absolute atomic E-state index is 0.115. The van der Waals surface area contributed by atoms with Gasteiger partial charge in [-0.3, -0.25) is 9.48 Å². The van der Waals surface area contributed by atoms with E-state index in [-0.39, 0.29) is 24.7 Å². The van der Waals surface area contributed by atoms with Gasteiger partial charge in [0.05, 0.1) is 47.4 Å². The molecule has 0 aromatic carbocycles. The van der Waals surface area contributed by atoms with Gasteiger partial charge in [0.2, 0.25) is 5.91 Å². The number of aryl methyl sites for hydroxylation is 2. The molecule has 0 radical (unpaired) electrons. The lowest BCUT2D eigenvalue weighted by Crippen LogP contribution is -2.28. The highest BCUT2D eigenvalue weighted by Gasteiger charge is 2.16. The van der Waals surface area contributed by atoms with Gasteiger partial charge in [-0.25, -0.2) is 0 Å². The fraction of sp³-hybridized carbons (Fsp3) is 0.417. The molecule has 2 aromatic rings. The maximum atomic E-state index is 12.1. The van der Waals surface area contributed by atoms with Crippen molar-refractivity contribution in [3.05, 3.63) is 39.3 Å². The molecule has 9 nitrogen and oxygen atoms in total. The Bertz CT molecular complexity index is 675. The average Bonchev–Trinajstić information content (AvgIpc) is 3.06. The highest BCUT2D eigenvalue weighted by molar-refractivity contribution is 6.31. The first-order valence-electron chi connectivity index (χ1n) is 6.46. The molecule has 2 aromatic heterocycles. The van der Waals surface area contributed by atoms with Crippen LogP contribution in [0.4, 0.5) is 5.82 Å². The lowest BCUT2D eigenvalue weighted by Gasteiger charge is -2.17. The van der Waals surface area contributed by atoms with Gasteiger partial charge in [0, 0.05) is 20.5 Å². The normalized spacial score (nSPS) is 10.7. The highest BCUT2D eigenvalue weighted by Crippen LogP contribution is 2.16. The lowest BCUT2D eigenvalue weighted by atomic mass is 10.3. The SMILES string of the molecule is CN(Cc1c(Cl)cnn1C)C(=O)CCn1ccc([N+](=O)[O-])n1. The molecule has 1 amide bonds. The first kappa shape index (κ1) is 16.0. The molecule has 0 N–H and O–H groups in total. The predicted octanol–water partition coefficient (Wildman–Crippen LogP) is 1.23. The number of amides is 1. The lowest BCUT2D eigenvalue weighted by molar-refractivity contribution is -0.389. The largest absolute Gasteiger partial charge is 0.389 e. The molecule has 0 aliphatic heterocycles. The zero-order valence-electron chi connectivity index (χ0n) is 12.1. The van der Waals surface area contributed by atoms with Gasteiger partial charge in [-0.2, -0.15) is 9.78 Å². The summed E-state index contributed by atoms with van der Waals surface area (Å²) in [6, 6.07) is 1.30. The Balaban J connectivity index is 1.90. The third-order valence-electron chi connectivity index (χ3n) is 3.19. The maximum absolute atomic E-state index is 12.1. The third kappa shape index (κ3) is 3.61. The van der Waals surface area contributed by atoms with Crippen molar-refractivity contribution in [2.45, 2.75) is 19.5 Å². The van der Waals surface area contributed by atoms with Crippen molar-refractivity contribution in [1.82, 2.24) is 24.5 Å². The Morgan fingerprint density at radius 3 is 2.82 bits per heavy atom. The summed E-state index contributed by atoms with van der Waals surface area (Å²) in [5.74, 6) is -0.349. The van der Waals surface area contributed by atoms with Crippen LogP contribution in [-0.2, 0) is 24.9 Å². The van der Waals surface area contributed by atoms with Crippen LogP contribution in [0, 0.1) is 10.1 Å². The molecule has 2 heterocycles. The molecule has 0 saturated heterocycles. The summed E-state index contributed by atoms with van der Waals surface area (Å²) in [5.41, 5.74) is 0.743. The van der Waals surface area contributed by atoms with E-state index in [0.29, 0.717) is 11.6 Å². The summed E-state index contributed by atoms with van der Waals surface area (Å²) in [5, 5.41) is 18.8. The van der Waals surface area contributed by atoms with E-state index >= 15 is 0 Å². The van der Waals surface area contributed by atoms with Crippen LogP contribution in [0.3, 0.4) is 0 Å². The molecule has 0 aliphatic carbocycles. The minimum Gasteiger partial charge on any atom is -0.358 e. The number of nitrogens with zero attached hydrogens (tertiary/aromatic N) is 6. The van der Waals surface area contributed by atoms with Gasteiger partial charge < -0.3 is 15.0 Å². The van der Waals surface area contributed by atoms with Crippen LogP contribution in [0.1, 0.15) is 12.1 Å². The standard InChI is InChI=1S/C12H15ClN6O3/c1-16(8-10-9(13)7-14-17(10)2)12(20)4-6-18-5-3-11(15-18)19(21)22/h3,5,7H,4,6,8H2,1-2H3. The minimum atomic E-state index is -0.575. The summed E-state index contributed by atoms with van der Waals surface area (Å²) in [4.78, 5) is 23.6. The number of hydrogen-bond acceptors (Lipinski definition) is 5. The molecule has 10 heteroatoms. The molecule has 0 unspecified atom stereocenters. The second kappa shape index (κ2) is 6.56. The number of aromatic nitrogens is 4. The van der Waals surface area contributed by atoms with E-state index in [1.54, 1.807) is 18.8 Å². The number of nitro groups is 1. The van der Waals surface area contributed by atoms with E-state index in [0.717, 1.165) is 5.69 Å². The first-order valence-corrected chi connectivity index (χ1v) is 6.84. The van der Waals surface area contributed by atoms with Crippen LogP contribution in [-0.4, -0.2) is 42.3 Å². The average molecular weight is 327 g/mol. The zero-order valence-corrected chi connectivity index (χ0v) is 12.9. The van der Waals surface area contributed by atoms with E-state index in [2.05, 4.69) is 10.2 Å². The molecule has 0 bridgehead atoms. The smallest absolute Gasteiger partial charge is 0.358 e. The monoisotopic (exact) mass is 326 g/mol. The Hall–Kier alpha value is -2.42. The van der Waals surface area contributed by atoms with Crippen molar-refractivity contribution < 1.29 is 9.72 Å². The van der Waals surface area contributed by atoms with E-state index in [1.165, 1.54) is 28.0 Å². The molecular weight excluding hydrogens is 312 g/mol. The zero-order chi connectivity index (χ0) is 16.3. The summed E-state index contributed by atoms with van der Waals surface area (Å²) in [6.07, 6.45) is 3.19. The highest BCUT2D eigenvalue weighted by atomic mass is 35.5. The summed E-state index contributed by atoms with van der Waals surface area (Å²) in [6.45, 7) is 0.615. The van der Waals surface area contributed by atoms with Gasteiger partial charge in [-0.05, 0) is 4.92 Å². The van der Waals surface area contributed by atoms with Crippen molar-refractivity contribution in [2.24, 2.45) is 7.05 Å². The van der Waals surface area contributed by atoms with Crippen molar-refractivity contribution >= 4 is 23.3 Å². The Labute approximate surface area is 131 Å². The van der Waals surface area contributed by atoms with Crippen molar-refractivity contribution in [1.29, 1.82) is 0 Å². The molecule has 0 saturated carbocycles. The Kier molecular flexibility index (Phi) is 4.76. The van der Waals surface area contributed by atoms with Crippen LogP contribution in [0.15, 0.2) is 18.5 Å². The fourth-order valence-electron chi connectivity index (χ4n) is 1.90. The predicted molar refractivity (Wildman–Crippen MR) is 78.2 cm³/mol. The van der Waals surface area contributed by atoms with E-state index < -0.39 is 4.92 Å². The summed E-state index contributed by atoms with van der Waals surface area (Å²) < 4.78 is 2.99. The maximum Gasteiger partial charge on any atom is 0.389 e. The molecule has 2 rings (SSSR count). The number of hydrogen-bond donors (Lipinski definition) is 0. The van der Waals surface area contributed by atoms with Crippen LogP contribution in [0.2, 0.25) is 5.02 Å². The summed E-state index contributed by atoms with van der Waals surface area (Å²) in [7, 11) is 3.42. The van der Waals surface area contributed by atoms with Gasteiger partial charge in [0.1, 0.15) is 0 Å². The third-order valence-corrected chi connectivity index (χ3v) is 3.51. The topological polar surface area (TPSA) is 99.1 Å². The quantitative estimate of drug-likeness (QED) is 0.587. The molecule has 118 valence electrons. The second-order valence-corrected chi connectivity index (χ2v) is 5.16. The Morgan fingerprint density at radius 2 is 2.27 bits per heavy atom. The molecule has 0 spiro atoms. The van der Waals surface area contributed by atoms with Crippen LogP contribution < -0.4 is 0 Å². The molecule has 0 fully saturated rings. The van der Waals surface area contributed by atoms with E-state index in [4.69, 9.17) is 11.6 Å². The molecular formula is C12H15ClN6O3. The van der Waals surface area contributed by atoms with Gasteiger partial charge in [-0.15, -0.1) is 0 Å². The fourth-order valence-corrected chi connectivity index (χ4v) is 2.13. The first-order chi connectivity index (χ1) is 10.4. The van der Waals surface area contributed by atoms with Crippen molar-refractivity contribution in [3.8, 4) is 0 Å². The number of rotatable bonds is 6.